The zero-order valence-electron chi connectivity index (χ0n) is 12.9. The molecule has 2 fully saturated rings. The van der Waals surface area contributed by atoms with Gasteiger partial charge < -0.3 is 9.64 Å². The van der Waals surface area contributed by atoms with Crippen LogP contribution in [0, 0.1) is 10.1 Å². The summed E-state index contributed by atoms with van der Waals surface area (Å²) < 4.78 is 5.37. The first kappa shape index (κ1) is 15.2. The fraction of sp³-hybridized carbons (Fsp3) is 0.625. The van der Waals surface area contributed by atoms with Crippen molar-refractivity contribution in [3.8, 4) is 0 Å². The van der Waals surface area contributed by atoms with E-state index < -0.39 is 0 Å². The van der Waals surface area contributed by atoms with Crippen molar-refractivity contribution in [1.29, 1.82) is 0 Å². The molecule has 120 valence electrons. The van der Waals surface area contributed by atoms with Gasteiger partial charge in [0.25, 0.3) is 5.69 Å². The molecule has 0 amide bonds. The van der Waals surface area contributed by atoms with Gasteiger partial charge in [0.05, 0.1) is 18.1 Å². The molecule has 1 aromatic carbocycles. The number of ether oxygens (including phenoxy) is 1. The summed E-state index contributed by atoms with van der Waals surface area (Å²) in [5, 5.41) is 11.3. The van der Waals surface area contributed by atoms with Crippen LogP contribution in [0.3, 0.4) is 0 Å². The van der Waals surface area contributed by atoms with Gasteiger partial charge in [0.2, 0.25) is 0 Å². The van der Waals surface area contributed by atoms with Gasteiger partial charge in [0.1, 0.15) is 5.69 Å². The Morgan fingerprint density at radius 1 is 1.09 bits per heavy atom. The molecule has 0 bridgehead atoms. The van der Waals surface area contributed by atoms with Crippen LogP contribution in [0.15, 0.2) is 18.2 Å². The number of hydrogen-bond donors (Lipinski definition) is 0. The predicted molar refractivity (Wildman–Crippen MR) is 85.3 cm³/mol. The van der Waals surface area contributed by atoms with Crippen LogP contribution in [0.25, 0.3) is 0 Å². The molecule has 0 unspecified atom stereocenters. The lowest BCUT2D eigenvalue weighted by Gasteiger charge is -2.30. The molecule has 3 rings (SSSR count). The molecule has 0 aromatic heterocycles. The molecule has 0 N–H and O–H groups in total. The van der Waals surface area contributed by atoms with Crippen LogP contribution < -0.4 is 4.90 Å². The first-order chi connectivity index (χ1) is 10.7. The number of morpholine rings is 1. The quantitative estimate of drug-likeness (QED) is 0.631. The summed E-state index contributed by atoms with van der Waals surface area (Å²) in [6, 6.07) is 5.57. The van der Waals surface area contributed by atoms with E-state index in [1.54, 1.807) is 6.07 Å². The molecule has 1 aromatic rings. The molecular formula is C16H23N3O3. The lowest BCUT2D eigenvalue weighted by Crippen LogP contribution is -2.35. The number of nitro groups is 1. The Morgan fingerprint density at radius 2 is 1.82 bits per heavy atom. The smallest absolute Gasteiger partial charge is 0.292 e. The van der Waals surface area contributed by atoms with Gasteiger partial charge in [-0.25, -0.2) is 0 Å². The Bertz CT molecular complexity index is 523. The summed E-state index contributed by atoms with van der Waals surface area (Å²) in [6.45, 7) is 6.07. The van der Waals surface area contributed by atoms with Gasteiger partial charge in [-0.3, -0.25) is 15.0 Å². The fourth-order valence-electron chi connectivity index (χ4n) is 3.23. The summed E-state index contributed by atoms with van der Waals surface area (Å²) in [7, 11) is 0. The molecule has 6 nitrogen and oxygen atoms in total. The standard InChI is InChI=1S/C16H23N3O3/c20-19(21)15-5-4-14(13-17-8-10-22-11-9-17)12-16(15)18-6-2-1-3-7-18/h4-5,12H,1-3,6-11,13H2. The number of anilines is 1. The largest absolute Gasteiger partial charge is 0.379 e. The van der Waals surface area contributed by atoms with Crippen molar-refractivity contribution in [2.75, 3.05) is 44.3 Å². The monoisotopic (exact) mass is 305 g/mol. The zero-order chi connectivity index (χ0) is 15.4. The Labute approximate surface area is 130 Å². The molecule has 2 aliphatic rings. The van der Waals surface area contributed by atoms with E-state index in [0.29, 0.717) is 0 Å². The van der Waals surface area contributed by atoms with E-state index in [0.717, 1.165) is 70.0 Å². The summed E-state index contributed by atoms with van der Waals surface area (Å²) in [5.41, 5.74) is 2.16. The van der Waals surface area contributed by atoms with Gasteiger partial charge in [0, 0.05) is 38.8 Å². The van der Waals surface area contributed by atoms with Crippen LogP contribution in [0.1, 0.15) is 24.8 Å². The number of nitro benzene ring substituents is 1. The third-order valence-electron chi connectivity index (χ3n) is 4.44. The molecule has 0 aliphatic carbocycles. The number of piperidine rings is 1. The summed E-state index contributed by atoms with van der Waals surface area (Å²) in [5.74, 6) is 0. The van der Waals surface area contributed by atoms with Gasteiger partial charge in [-0.1, -0.05) is 6.07 Å². The van der Waals surface area contributed by atoms with Crippen molar-refractivity contribution in [2.45, 2.75) is 25.8 Å². The van der Waals surface area contributed by atoms with Crippen molar-refractivity contribution in [3.63, 3.8) is 0 Å². The normalized spacial score (nSPS) is 20.1. The van der Waals surface area contributed by atoms with Crippen LogP contribution in [0.2, 0.25) is 0 Å². The average molecular weight is 305 g/mol. The minimum Gasteiger partial charge on any atom is -0.379 e. The van der Waals surface area contributed by atoms with Crippen molar-refractivity contribution in [3.05, 3.63) is 33.9 Å². The Hall–Kier alpha value is -1.66. The molecule has 0 saturated carbocycles. The van der Waals surface area contributed by atoms with E-state index in [1.807, 2.05) is 12.1 Å². The Balaban J connectivity index is 1.80. The average Bonchev–Trinajstić information content (AvgIpc) is 2.56. The first-order valence-electron chi connectivity index (χ1n) is 8.06. The topological polar surface area (TPSA) is 58.9 Å². The maximum atomic E-state index is 11.3. The van der Waals surface area contributed by atoms with Gasteiger partial charge in [0.15, 0.2) is 0 Å². The molecule has 6 heteroatoms. The fourth-order valence-corrected chi connectivity index (χ4v) is 3.23. The third kappa shape index (κ3) is 3.56. The third-order valence-corrected chi connectivity index (χ3v) is 4.44. The number of hydrogen-bond acceptors (Lipinski definition) is 5. The van der Waals surface area contributed by atoms with E-state index in [-0.39, 0.29) is 10.6 Å². The number of nitrogens with zero attached hydrogens (tertiary/aromatic N) is 3. The first-order valence-corrected chi connectivity index (χ1v) is 8.06. The molecule has 2 aliphatic heterocycles. The van der Waals surface area contributed by atoms with Gasteiger partial charge in [-0.05, 0) is 30.9 Å². The van der Waals surface area contributed by atoms with Crippen LogP contribution in [0.4, 0.5) is 11.4 Å². The maximum Gasteiger partial charge on any atom is 0.292 e. The van der Waals surface area contributed by atoms with Crippen molar-refractivity contribution >= 4 is 11.4 Å². The van der Waals surface area contributed by atoms with E-state index >= 15 is 0 Å². The second-order valence-corrected chi connectivity index (χ2v) is 6.02. The molecule has 2 saturated heterocycles. The number of benzene rings is 1. The van der Waals surface area contributed by atoms with Gasteiger partial charge >= 0.3 is 0 Å². The minimum absolute atomic E-state index is 0.229. The Morgan fingerprint density at radius 3 is 2.50 bits per heavy atom. The molecular weight excluding hydrogens is 282 g/mol. The highest BCUT2D eigenvalue weighted by Crippen LogP contribution is 2.31. The van der Waals surface area contributed by atoms with Crippen molar-refractivity contribution in [1.82, 2.24) is 4.90 Å². The highest BCUT2D eigenvalue weighted by atomic mass is 16.6. The van der Waals surface area contributed by atoms with E-state index in [9.17, 15) is 10.1 Å². The molecule has 0 atom stereocenters. The predicted octanol–water partition coefficient (Wildman–Crippen LogP) is 2.42. The van der Waals surface area contributed by atoms with Crippen molar-refractivity contribution < 1.29 is 9.66 Å². The van der Waals surface area contributed by atoms with E-state index in [4.69, 9.17) is 4.74 Å². The van der Waals surface area contributed by atoms with Crippen LogP contribution in [-0.4, -0.2) is 49.2 Å². The Kier molecular flexibility index (Phi) is 4.90. The summed E-state index contributed by atoms with van der Waals surface area (Å²) >= 11 is 0. The van der Waals surface area contributed by atoms with Crippen LogP contribution in [0.5, 0.6) is 0 Å². The SMILES string of the molecule is O=[N+]([O-])c1ccc(CN2CCOCC2)cc1N1CCCCC1. The van der Waals surface area contributed by atoms with Crippen molar-refractivity contribution in [2.24, 2.45) is 0 Å². The van der Waals surface area contributed by atoms with Crippen LogP contribution >= 0.6 is 0 Å². The zero-order valence-corrected chi connectivity index (χ0v) is 12.9. The van der Waals surface area contributed by atoms with Gasteiger partial charge in [-0.2, -0.15) is 0 Å². The maximum absolute atomic E-state index is 11.3. The lowest BCUT2D eigenvalue weighted by molar-refractivity contribution is -0.384. The highest BCUT2D eigenvalue weighted by Gasteiger charge is 2.22. The van der Waals surface area contributed by atoms with E-state index in [1.165, 1.54) is 6.42 Å². The molecule has 2 heterocycles. The molecule has 0 radical (unpaired) electrons. The van der Waals surface area contributed by atoms with E-state index in [2.05, 4.69) is 9.80 Å². The summed E-state index contributed by atoms with van der Waals surface area (Å²) in [6.07, 6.45) is 3.45. The highest BCUT2D eigenvalue weighted by molar-refractivity contribution is 5.64. The lowest BCUT2D eigenvalue weighted by atomic mass is 10.1. The second kappa shape index (κ2) is 7.07. The number of rotatable bonds is 4. The van der Waals surface area contributed by atoms with Gasteiger partial charge in [-0.15, -0.1) is 0 Å². The summed E-state index contributed by atoms with van der Waals surface area (Å²) in [4.78, 5) is 15.6. The second-order valence-electron chi connectivity index (χ2n) is 6.02. The minimum atomic E-state index is -0.261. The molecule has 22 heavy (non-hydrogen) atoms. The molecule has 0 spiro atoms. The van der Waals surface area contributed by atoms with Crippen LogP contribution in [-0.2, 0) is 11.3 Å².